The maximum Gasteiger partial charge on any atom is 0.340 e. The Morgan fingerprint density at radius 2 is 2.12 bits per heavy atom. The second kappa shape index (κ2) is 7.11. The average Bonchev–Trinajstić information content (AvgIpc) is 2.53. The number of ketones is 1. The fourth-order valence-electron chi connectivity index (χ4n) is 4.16. The number of hydrogen-bond donors (Lipinski definition) is 2. The van der Waals surface area contributed by atoms with Crippen molar-refractivity contribution in [3.05, 3.63) is 22.0 Å². The highest BCUT2D eigenvalue weighted by molar-refractivity contribution is 9.11. The number of carbonyl (C=O) groups is 2. The Bertz CT molecular complexity index is 641. The minimum Gasteiger partial charge on any atom is -0.500 e. The molecule has 25 heavy (non-hydrogen) atoms. The number of carbonyl (C=O) groups excluding carboxylic acids is 1. The number of hydrogen-bond acceptors (Lipinski definition) is 5. The number of aliphatic carboxylic acids is 1. The number of Topliss-reactive ketones (excluding diaryl/α,β-unsaturated/α-hetero) is 1. The van der Waals surface area contributed by atoms with E-state index in [1.54, 1.807) is 7.11 Å². The molecule has 1 aliphatic heterocycles. The Balaban J connectivity index is 2.68. The number of carboxylic acid groups (broad SMARTS) is 1. The van der Waals surface area contributed by atoms with Crippen LogP contribution >= 0.6 is 15.9 Å². The molecule has 140 valence electrons. The smallest absolute Gasteiger partial charge is 0.340 e. The summed E-state index contributed by atoms with van der Waals surface area (Å²) in [6.45, 7) is 7.66. The first-order valence-electron chi connectivity index (χ1n) is 8.41. The van der Waals surface area contributed by atoms with Crippen molar-refractivity contribution in [2.75, 3.05) is 13.7 Å². The molecule has 0 amide bonds. The molecule has 0 aromatic rings. The molecule has 4 atom stereocenters. The van der Waals surface area contributed by atoms with Gasteiger partial charge in [0, 0.05) is 23.0 Å². The SMILES string of the molecule is COC1=C(Br)C(C)C2C(=O)C(C(=O)O)=CN([C@H](CO)C(C)C)C2(C)C1. The summed E-state index contributed by atoms with van der Waals surface area (Å²) in [6.07, 6.45) is 1.87. The number of carboxylic acids is 1. The zero-order chi connectivity index (χ0) is 19.1. The van der Waals surface area contributed by atoms with Gasteiger partial charge in [-0.25, -0.2) is 4.79 Å². The summed E-state index contributed by atoms with van der Waals surface area (Å²) in [5, 5.41) is 19.4. The molecule has 7 heteroatoms. The van der Waals surface area contributed by atoms with Gasteiger partial charge in [-0.3, -0.25) is 4.79 Å². The lowest BCUT2D eigenvalue weighted by Crippen LogP contribution is -2.63. The van der Waals surface area contributed by atoms with Crippen LogP contribution in [0.2, 0.25) is 0 Å². The fraction of sp³-hybridized carbons (Fsp3) is 0.667. The molecular formula is C18H26BrNO5. The highest BCUT2D eigenvalue weighted by Gasteiger charge is 2.56. The van der Waals surface area contributed by atoms with Crippen molar-refractivity contribution >= 4 is 27.7 Å². The molecule has 0 aromatic carbocycles. The number of aliphatic hydroxyl groups is 1. The van der Waals surface area contributed by atoms with E-state index in [0.29, 0.717) is 6.42 Å². The molecular weight excluding hydrogens is 390 g/mol. The van der Waals surface area contributed by atoms with Gasteiger partial charge in [-0.15, -0.1) is 0 Å². The first kappa shape index (κ1) is 20.0. The maximum atomic E-state index is 13.0. The number of methoxy groups -OCH3 is 1. The molecule has 3 unspecified atom stereocenters. The topological polar surface area (TPSA) is 87.1 Å². The van der Waals surface area contributed by atoms with Gasteiger partial charge in [0.2, 0.25) is 0 Å². The van der Waals surface area contributed by atoms with Crippen LogP contribution in [-0.4, -0.2) is 52.2 Å². The Morgan fingerprint density at radius 3 is 2.56 bits per heavy atom. The number of ether oxygens (including phenoxy) is 1. The predicted octanol–water partition coefficient (Wildman–Crippen LogP) is 2.52. The second-order valence-electron chi connectivity index (χ2n) is 7.39. The number of halogens is 1. The highest BCUT2D eigenvalue weighted by atomic mass is 79.9. The van der Waals surface area contributed by atoms with E-state index in [9.17, 15) is 19.8 Å². The molecule has 0 spiro atoms. The average molecular weight is 416 g/mol. The van der Waals surface area contributed by atoms with Crippen LogP contribution in [0.25, 0.3) is 0 Å². The number of nitrogens with zero attached hydrogens (tertiary/aromatic N) is 1. The van der Waals surface area contributed by atoms with Gasteiger partial charge >= 0.3 is 5.97 Å². The van der Waals surface area contributed by atoms with Crippen LogP contribution in [0.3, 0.4) is 0 Å². The van der Waals surface area contributed by atoms with E-state index >= 15 is 0 Å². The van der Waals surface area contributed by atoms with Crippen LogP contribution in [0, 0.1) is 17.8 Å². The third kappa shape index (κ3) is 3.12. The number of allylic oxidation sites excluding steroid dienone is 1. The van der Waals surface area contributed by atoms with E-state index in [2.05, 4.69) is 15.9 Å². The maximum absolute atomic E-state index is 13.0. The summed E-state index contributed by atoms with van der Waals surface area (Å²) in [5.41, 5.74) is -0.898. The summed E-state index contributed by atoms with van der Waals surface area (Å²) < 4.78 is 6.31. The third-order valence-corrected chi connectivity index (χ3v) is 6.72. The van der Waals surface area contributed by atoms with E-state index in [-0.39, 0.29) is 35.8 Å². The van der Waals surface area contributed by atoms with Crippen LogP contribution in [0.15, 0.2) is 22.0 Å². The van der Waals surface area contributed by atoms with Gasteiger partial charge in [-0.1, -0.05) is 36.7 Å². The molecule has 2 N–H and O–H groups in total. The molecule has 2 rings (SSSR count). The van der Waals surface area contributed by atoms with Gasteiger partial charge in [0.15, 0.2) is 5.78 Å². The first-order valence-corrected chi connectivity index (χ1v) is 9.20. The minimum atomic E-state index is -1.23. The Kier molecular flexibility index (Phi) is 5.68. The lowest BCUT2D eigenvalue weighted by Gasteiger charge is -2.55. The van der Waals surface area contributed by atoms with Gasteiger partial charge in [0.1, 0.15) is 11.3 Å². The fourth-order valence-corrected chi connectivity index (χ4v) is 4.73. The second-order valence-corrected chi connectivity index (χ2v) is 8.24. The zero-order valence-electron chi connectivity index (χ0n) is 15.2. The molecule has 0 fully saturated rings. The summed E-state index contributed by atoms with van der Waals surface area (Å²) in [6, 6.07) is -0.294. The van der Waals surface area contributed by atoms with Gasteiger partial charge < -0.3 is 19.8 Å². The van der Waals surface area contributed by atoms with Crippen molar-refractivity contribution in [3.8, 4) is 0 Å². The molecule has 0 aromatic heterocycles. The lowest BCUT2D eigenvalue weighted by molar-refractivity contribution is -0.140. The Morgan fingerprint density at radius 1 is 1.52 bits per heavy atom. The standard InChI is InChI=1S/C18H26BrNO5/c1-9(2)12(8-21)20-7-11(17(23)24)16(22)14-10(3)15(19)13(25-5)6-18(14,20)4/h7,9-10,12,14,21H,6,8H2,1-5H3,(H,23,24)/t10?,12-,14?,18?/m1/s1. The molecule has 0 saturated carbocycles. The Labute approximate surface area is 156 Å². The van der Waals surface area contributed by atoms with Crippen molar-refractivity contribution < 1.29 is 24.5 Å². The molecule has 0 bridgehead atoms. The van der Waals surface area contributed by atoms with Gasteiger partial charge in [-0.2, -0.15) is 0 Å². The van der Waals surface area contributed by atoms with Crippen molar-refractivity contribution in [2.24, 2.45) is 17.8 Å². The van der Waals surface area contributed by atoms with Crippen LogP contribution in [0.5, 0.6) is 0 Å². The van der Waals surface area contributed by atoms with Crippen molar-refractivity contribution in [3.63, 3.8) is 0 Å². The van der Waals surface area contributed by atoms with Gasteiger partial charge in [-0.05, 0) is 12.8 Å². The summed E-state index contributed by atoms with van der Waals surface area (Å²) in [5.74, 6) is -1.54. The molecule has 1 heterocycles. The lowest BCUT2D eigenvalue weighted by atomic mass is 9.64. The van der Waals surface area contributed by atoms with E-state index < -0.39 is 17.4 Å². The van der Waals surface area contributed by atoms with E-state index in [1.807, 2.05) is 32.6 Å². The van der Waals surface area contributed by atoms with E-state index in [4.69, 9.17) is 4.74 Å². The monoisotopic (exact) mass is 415 g/mol. The van der Waals surface area contributed by atoms with Crippen LogP contribution in [0.1, 0.15) is 34.1 Å². The van der Waals surface area contributed by atoms with Crippen LogP contribution in [0.4, 0.5) is 0 Å². The summed E-state index contributed by atoms with van der Waals surface area (Å²) in [7, 11) is 1.59. The number of aliphatic hydroxyl groups excluding tert-OH is 1. The summed E-state index contributed by atoms with van der Waals surface area (Å²) in [4.78, 5) is 26.5. The molecule has 6 nitrogen and oxygen atoms in total. The molecule has 0 radical (unpaired) electrons. The van der Waals surface area contributed by atoms with Crippen LogP contribution < -0.4 is 0 Å². The van der Waals surface area contributed by atoms with Gasteiger partial charge in [0.25, 0.3) is 0 Å². The third-order valence-electron chi connectivity index (χ3n) is 5.55. The molecule has 1 aliphatic carbocycles. The zero-order valence-corrected chi connectivity index (χ0v) is 16.8. The molecule has 0 saturated heterocycles. The van der Waals surface area contributed by atoms with Crippen molar-refractivity contribution in [2.45, 2.75) is 45.7 Å². The van der Waals surface area contributed by atoms with Crippen LogP contribution in [-0.2, 0) is 14.3 Å². The van der Waals surface area contributed by atoms with Gasteiger partial charge in [0.05, 0.1) is 31.2 Å². The number of rotatable bonds is 5. The normalized spacial score (nSPS) is 31.0. The minimum absolute atomic E-state index is 0.0811. The predicted molar refractivity (Wildman–Crippen MR) is 96.9 cm³/mol. The molecule has 2 aliphatic rings. The Hall–Kier alpha value is -1.34. The summed E-state index contributed by atoms with van der Waals surface area (Å²) >= 11 is 3.52. The highest BCUT2D eigenvalue weighted by Crippen LogP contribution is 2.51. The van der Waals surface area contributed by atoms with Crippen molar-refractivity contribution in [1.82, 2.24) is 4.90 Å². The number of fused-ring (bicyclic) bond motifs is 1. The van der Waals surface area contributed by atoms with E-state index in [1.165, 1.54) is 6.20 Å². The van der Waals surface area contributed by atoms with E-state index in [0.717, 1.165) is 10.2 Å². The van der Waals surface area contributed by atoms with Crippen molar-refractivity contribution in [1.29, 1.82) is 0 Å². The quantitative estimate of drug-likeness (QED) is 0.670. The largest absolute Gasteiger partial charge is 0.500 e. The first-order chi connectivity index (χ1) is 11.6.